The lowest BCUT2D eigenvalue weighted by Crippen LogP contribution is -2.30. The molecule has 0 aliphatic rings. The number of aromatic nitrogens is 1. The Morgan fingerprint density at radius 2 is 1.89 bits per heavy atom. The maximum Gasteiger partial charge on any atom is 0.339 e. The van der Waals surface area contributed by atoms with Crippen molar-refractivity contribution in [1.29, 1.82) is 0 Å². The van der Waals surface area contributed by atoms with Gasteiger partial charge in [0.2, 0.25) is 0 Å². The molecule has 1 aromatic heterocycles. The molecule has 0 radical (unpaired) electrons. The summed E-state index contributed by atoms with van der Waals surface area (Å²) in [5.41, 5.74) is 2.14. The van der Waals surface area contributed by atoms with E-state index in [1.807, 2.05) is 18.2 Å². The van der Waals surface area contributed by atoms with Crippen molar-refractivity contribution in [3.05, 3.63) is 64.8 Å². The number of carbonyl (C=O) groups is 2. The Labute approximate surface area is 167 Å². The molecule has 2 aromatic carbocycles. The highest BCUT2D eigenvalue weighted by atomic mass is 35.5. The van der Waals surface area contributed by atoms with Crippen LogP contribution in [0.15, 0.2) is 48.5 Å². The lowest BCUT2D eigenvalue weighted by atomic mass is 10.1. The van der Waals surface area contributed by atoms with Gasteiger partial charge in [0.1, 0.15) is 5.75 Å². The number of nitrogens with zero attached hydrogens (tertiary/aromatic N) is 1. The predicted molar refractivity (Wildman–Crippen MR) is 108 cm³/mol. The third-order valence-corrected chi connectivity index (χ3v) is 4.37. The first kappa shape index (κ1) is 19.6. The SMILES string of the molecule is COc1ccc(Cl)cc1NC(=O)[C@@H](C)OC(=O)c1cc(C)nc2ccccc12. The van der Waals surface area contributed by atoms with Crippen molar-refractivity contribution >= 4 is 40.1 Å². The summed E-state index contributed by atoms with van der Waals surface area (Å²) >= 11 is 5.97. The van der Waals surface area contributed by atoms with Gasteiger partial charge in [0.05, 0.1) is 23.9 Å². The number of carbonyl (C=O) groups excluding carboxylic acids is 2. The maximum atomic E-state index is 12.7. The van der Waals surface area contributed by atoms with Crippen LogP contribution in [0.1, 0.15) is 23.0 Å². The summed E-state index contributed by atoms with van der Waals surface area (Å²) in [6.07, 6.45) is -1.02. The van der Waals surface area contributed by atoms with E-state index in [1.165, 1.54) is 14.0 Å². The van der Waals surface area contributed by atoms with E-state index in [0.29, 0.717) is 38.6 Å². The van der Waals surface area contributed by atoms with E-state index in [4.69, 9.17) is 21.1 Å². The average molecular weight is 399 g/mol. The van der Waals surface area contributed by atoms with E-state index >= 15 is 0 Å². The van der Waals surface area contributed by atoms with Gasteiger partial charge in [0.15, 0.2) is 6.10 Å². The number of hydrogen-bond donors (Lipinski definition) is 1. The van der Waals surface area contributed by atoms with Crippen molar-refractivity contribution in [2.45, 2.75) is 20.0 Å². The Balaban J connectivity index is 1.78. The summed E-state index contributed by atoms with van der Waals surface area (Å²) in [5, 5.41) is 3.78. The van der Waals surface area contributed by atoms with Gasteiger partial charge in [0.25, 0.3) is 5.91 Å². The number of hydrogen-bond acceptors (Lipinski definition) is 5. The number of aryl methyl sites for hydroxylation is 1. The maximum absolute atomic E-state index is 12.7. The molecule has 1 N–H and O–H groups in total. The van der Waals surface area contributed by atoms with Crippen LogP contribution >= 0.6 is 11.6 Å². The summed E-state index contributed by atoms with van der Waals surface area (Å²) in [4.78, 5) is 29.6. The van der Waals surface area contributed by atoms with E-state index in [-0.39, 0.29) is 0 Å². The molecule has 6 nitrogen and oxygen atoms in total. The van der Waals surface area contributed by atoms with Gasteiger partial charge in [-0.3, -0.25) is 9.78 Å². The molecule has 3 aromatic rings. The van der Waals surface area contributed by atoms with Gasteiger partial charge < -0.3 is 14.8 Å². The summed E-state index contributed by atoms with van der Waals surface area (Å²) < 4.78 is 10.6. The van der Waals surface area contributed by atoms with Crippen molar-refractivity contribution in [2.75, 3.05) is 12.4 Å². The fraction of sp³-hybridized carbons (Fsp3) is 0.190. The first-order chi connectivity index (χ1) is 13.4. The summed E-state index contributed by atoms with van der Waals surface area (Å²) in [7, 11) is 1.49. The minimum atomic E-state index is -1.02. The molecule has 0 saturated carbocycles. The zero-order valence-corrected chi connectivity index (χ0v) is 16.4. The molecule has 0 bridgehead atoms. The molecule has 144 valence electrons. The highest BCUT2D eigenvalue weighted by Crippen LogP contribution is 2.28. The van der Waals surface area contributed by atoms with Gasteiger partial charge in [-0.1, -0.05) is 29.8 Å². The number of halogens is 1. The molecular weight excluding hydrogens is 380 g/mol. The van der Waals surface area contributed by atoms with Crippen LogP contribution < -0.4 is 10.1 Å². The lowest BCUT2D eigenvalue weighted by Gasteiger charge is -2.16. The van der Waals surface area contributed by atoms with Crippen molar-refractivity contribution in [3.8, 4) is 5.75 Å². The number of amides is 1. The van der Waals surface area contributed by atoms with Crippen LogP contribution in [0.4, 0.5) is 5.69 Å². The molecule has 0 fully saturated rings. The first-order valence-corrected chi connectivity index (χ1v) is 8.98. The fourth-order valence-corrected chi connectivity index (χ4v) is 2.94. The molecule has 1 atom stereocenters. The van der Waals surface area contributed by atoms with Gasteiger partial charge in [-0.2, -0.15) is 0 Å². The van der Waals surface area contributed by atoms with E-state index in [1.54, 1.807) is 37.3 Å². The Morgan fingerprint density at radius 3 is 2.64 bits per heavy atom. The number of methoxy groups -OCH3 is 1. The molecule has 1 amide bonds. The molecule has 0 saturated heterocycles. The normalized spacial score (nSPS) is 11.7. The number of para-hydroxylation sites is 1. The average Bonchev–Trinajstić information content (AvgIpc) is 2.67. The number of esters is 1. The van der Waals surface area contributed by atoms with Gasteiger partial charge in [-0.25, -0.2) is 4.79 Å². The molecule has 28 heavy (non-hydrogen) atoms. The third kappa shape index (κ3) is 4.23. The molecule has 0 aliphatic carbocycles. The van der Waals surface area contributed by atoms with Crippen LogP contribution in [0.25, 0.3) is 10.9 Å². The number of fused-ring (bicyclic) bond motifs is 1. The number of pyridine rings is 1. The van der Waals surface area contributed by atoms with E-state index in [0.717, 1.165) is 0 Å². The topological polar surface area (TPSA) is 77.5 Å². The summed E-state index contributed by atoms with van der Waals surface area (Å²) in [6.45, 7) is 3.30. The monoisotopic (exact) mass is 398 g/mol. The molecule has 0 aliphatic heterocycles. The Morgan fingerprint density at radius 1 is 1.14 bits per heavy atom. The Bertz CT molecular complexity index is 1050. The summed E-state index contributed by atoms with van der Waals surface area (Å²) in [6, 6.07) is 13.8. The van der Waals surface area contributed by atoms with E-state index in [2.05, 4.69) is 10.3 Å². The minimum absolute atomic E-state index is 0.364. The number of benzene rings is 2. The summed E-state index contributed by atoms with van der Waals surface area (Å²) in [5.74, 6) is -0.640. The van der Waals surface area contributed by atoms with E-state index in [9.17, 15) is 9.59 Å². The second-order valence-electron chi connectivity index (χ2n) is 6.21. The highest BCUT2D eigenvalue weighted by molar-refractivity contribution is 6.31. The molecule has 3 rings (SSSR count). The first-order valence-electron chi connectivity index (χ1n) is 8.61. The minimum Gasteiger partial charge on any atom is -0.495 e. The van der Waals surface area contributed by atoms with Crippen LogP contribution in [0.5, 0.6) is 5.75 Å². The van der Waals surface area contributed by atoms with Crippen LogP contribution in [-0.2, 0) is 9.53 Å². The lowest BCUT2D eigenvalue weighted by molar-refractivity contribution is -0.123. The van der Waals surface area contributed by atoms with Crippen molar-refractivity contribution in [2.24, 2.45) is 0 Å². The Kier molecular flexibility index (Phi) is 5.80. The number of nitrogens with one attached hydrogen (secondary N) is 1. The quantitative estimate of drug-likeness (QED) is 0.645. The fourth-order valence-electron chi connectivity index (χ4n) is 2.77. The zero-order valence-electron chi connectivity index (χ0n) is 15.7. The molecule has 0 spiro atoms. The molecule has 0 unspecified atom stereocenters. The van der Waals surface area contributed by atoms with Crippen molar-refractivity contribution < 1.29 is 19.1 Å². The molecular formula is C21H19ClN2O4. The van der Waals surface area contributed by atoms with Crippen molar-refractivity contribution in [3.63, 3.8) is 0 Å². The second-order valence-corrected chi connectivity index (χ2v) is 6.65. The van der Waals surface area contributed by atoms with Gasteiger partial charge in [0, 0.05) is 16.1 Å². The standard InChI is InChI=1S/C21H19ClN2O4/c1-12-10-16(15-6-4-5-7-17(15)23-12)21(26)28-13(2)20(25)24-18-11-14(22)8-9-19(18)27-3/h4-11,13H,1-3H3,(H,24,25)/t13-/m1/s1. The van der Waals surface area contributed by atoms with Gasteiger partial charge in [-0.05, 0) is 44.2 Å². The van der Waals surface area contributed by atoms with Gasteiger partial charge >= 0.3 is 5.97 Å². The zero-order chi connectivity index (χ0) is 20.3. The molecule has 1 heterocycles. The third-order valence-electron chi connectivity index (χ3n) is 4.14. The largest absolute Gasteiger partial charge is 0.495 e. The Hall–Kier alpha value is -3.12. The number of ether oxygens (including phenoxy) is 2. The van der Waals surface area contributed by atoms with Crippen LogP contribution in [0.2, 0.25) is 5.02 Å². The van der Waals surface area contributed by atoms with Crippen LogP contribution in [0, 0.1) is 6.92 Å². The smallest absolute Gasteiger partial charge is 0.339 e. The second kappa shape index (κ2) is 8.27. The van der Waals surface area contributed by atoms with E-state index < -0.39 is 18.0 Å². The van der Waals surface area contributed by atoms with Gasteiger partial charge in [-0.15, -0.1) is 0 Å². The highest BCUT2D eigenvalue weighted by Gasteiger charge is 2.22. The van der Waals surface area contributed by atoms with Crippen molar-refractivity contribution in [1.82, 2.24) is 4.98 Å². The van der Waals surface area contributed by atoms with Crippen LogP contribution in [-0.4, -0.2) is 30.1 Å². The van der Waals surface area contributed by atoms with Crippen LogP contribution in [0.3, 0.4) is 0 Å². The number of anilines is 1. The molecule has 7 heteroatoms. The predicted octanol–water partition coefficient (Wildman–Crippen LogP) is 4.39. The number of rotatable bonds is 5.